The lowest BCUT2D eigenvalue weighted by Gasteiger charge is -2.18. The summed E-state index contributed by atoms with van der Waals surface area (Å²) in [7, 11) is 1.31. The van der Waals surface area contributed by atoms with Crippen LogP contribution in [0.4, 0.5) is 0 Å². The van der Waals surface area contributed by atoms with Gasteiger partial charge in [-0.1, -0.05) is 13.8 Å². The van der Waals surface area contributed by atoms with E-state index in [1.165, 1.54) is 14.0 Å². The molecular formula is C8H15NO3. The Morgan fingerprint density at radius 1 is 1.33 bits per heavy atom. The predicted octanol–water partition coefficient (Wildman–Crippen LogP) is 0.320. The van der Waals surface area contributed by atoms with Gasteiger partial charge in [0.2, 0.25) is 5.91 Å². The molecule has 0 bridgehead atoms. The summed E-state index contributed by atoms with van der Waals surface area (Å²) >= 11 is 0. The molecule has 70 valence electrons. The Morgan fingerprint density at radius 2 is 1.83 bits per heavy atom. The Morgan fingerprint density at radius 3 is 2.08 bits per heavy atom. The second-order valence-corrected chi connectivity index (χ2v) is 2.95. The van der Waals surface area contributed by atoms with E-state index in [9.17, 15) is 9.59 Å². The lowest BCUT2D eigenvalue weighted by atomic mass is 10.1. The van der Waals surface area contributed by atoms with Crippen molar-refractivity contribution in [3.8, 4) is 0 Å². The summed E-state index contributed by atoms with van der Waals surface area (Å²) < 4.78 is 4.52. The van der Waals surface area contributed by atoms with Crippen LogP contribution >= 0.6 is 0 Å². The molecule has 0 spiro atoms. The van der Waals surface area contributed by atoms with Crippen molar-refractivity contribution in [2.75, 3.05) is 7.11 Å². The third-order valence-electron chi connectivity index (χ3n) is 1.48. The van der Waals surface area contributed by atoms with Crippen LogP contribution in [0.15, 0.2) is 0 Å². The van der Waals surface area contributed by atoms with Crippen molar-refractivity contribution in [1.29, 1.82) is 0 Å². The van der Waals surface area contributed by atoms with Crippen molar-refractivity contribution in [2.45, 2.75) is 26.8 Å². The summed E-state index contributed by atoms with van der Waals surface area (Å²) in [6, 6.07) is -0.535. The number of hydrogen-bond acceptors (Lipinski definition) is 3. The van der Waals surface area contributed by atoms with Crippen molar-refractivity contribution in [1.82, 2.24) is 5.32 Å². The van der Waals surface area contributed by atoms with Gasteiger partial charge in [0.05, 0.1) is 7.11 Å². The van der Waals surface area contributed by atoms with Crippen LogP contribution in [-0.2, 0) is 14.3 Å². The van der Waals surface area contributed by atoms with Crippen LogP contribution in [0.5, 0.6) is 0 Å². The standard InChI is InChI=1S/C8H15NO3/c1-5(2)7(8(11)12-4)9-6(3)10/h5,7H,1-4H3,(H,9,10)/t7-/m0/s1. The number of amides is 1. The van der Waals surface area contributed by atoms with Gasteiger partial charge < -0.3 is 10.1 Å². The Bertz CT molecular complexity index is 177. The second-order valence-electron chi connectivity index (χ2n) is 2.95. The molecule has 0 aliphatic carbocycles. The van der Waals surface area contributed by atoms with Gasteiger partial charge in [0.25, 0.3) is 0 Å². The Hall–Kier alpha value is -1.06. The first-order valence-electron chi connectivity index (χ1n) is 3.84. The molecule has 4 heteroatoms. The molecule has 0 radical (unpaired) electrons. The zero-order valence-corrected chi connectivity index (χ0v) is 7.88. The summed E-state index contributed by atoms with van der Waals surface area (Å²) in [6.45, 7) is 5.06. The molecule has 0 aromatic heterocycles. The van der Waals surface area contributed by atoms with Crippen molar-refractivity contribution in [3.63, 3.8) is 0 Å². The van der Waals surface area contributed by atoms with Crippen LogP contribution in [0.25, 0.3) is 0 Å². The molecule has 0 saturated carbocycles. The number of carbonyl (C=O) groups is 2. The van der Waals surface area contributed by atoms with Crippen LogP contribution < -0.4 is 5.32 Å². The molecular weight excluding hydrogens is 158 g/mol. The molecule has 1 amide bonds. The molecule has 0 aromatic rings. The average Bonchev–Trinajstić information content (AvgIpc) is 1.98. The topological polar surface area (TPSA) is 55.4 Å². The summed E-state index contributed by atoms with van der Waals surface area (Å²) in [4.78, 5) is 21.7. The van der Waals surface area contributed by atoms with E-state index in [4.69, 9.17) is 0 Å². The van der Waals surface area contributed by atoms with Crippen LogP contribution in [0, 0.1) is 5.92 Å². The van der Waals surface area contributed by atoms with Gasteiger partial charge in [-0.05, 0) is 5.92 Å². The Labute approximate surface area is 72.3 Å². The molecule has 0 saturated heterocycles. The van der Waals surface area contributed by atoms with Crippen LogP contribution in [0.2, 0.25) is 0 Å². The highest BCUT2D eigenvalue weighted by atomic mass is 16.5. The molecule has 0 aromatic carbocycles. The molecule has 0 heterocycles. The third kappa shape index (κ3) is 3.37. The van der Waals surface area contributed by atoms with Gasteiger partial charge in [0, 0.05) is 6.92 Å². The zero-order chi connectivity index (χ0) is 9.72. The van der Waals surface area contributed by atoms with Gasteiger partial charge in [-0.3, -0.25) is 4.79 Å². The zero-order valence-electron chi connectivity index (χ0n) is 7.88. The lowest BCUT2D eigenvalue weighted by Crippen LogP contribution is -2.44. The fourth-order valence-corrected chi connectivity index (χ4v) is 0.844. The molecule has 12 heavy (non-hydrogen) atoms. The summed E-state index contributed by atoms with van der Waals surface area (Å²) in [6.07, 6.45) is 0. The minimum Gasteiger partial charge on any atom is -0.467 e. The van der Waals surface area contributed by atoms with Crippen molar-refractivity contribution in [2.24, 2.45) is 5.92 Å². The Balaban J connectivity index is 4.23. The Kier molecular flexibility index (Phi) is 4.33. The normalized spacial score (nSPS) is 12.4. The molecule has 1 N–H and O–H groups in total. The van der Waals surface area contributed by atoms with Crippen LogP contribution in [0.3, 0.4) is 0 Å². The average molecular weight is 173 g/mol. The van der Waals surface area contributed by atoms with Crippen molar-refractivity contribution >= 4 is 11.9 Å². The monoisotopic (exact) mass is 173 g/mol. The summed E-state index contributed by atoms with van der Waals surface area (Å²) in [5, 5.41) is 2.52. The van der Waals surface area contributed by atoms with Gasteiger partial charge in [0.1, 0.15) is 6.04 Å². The van der Waals surface area contributed by atoms with E-state index in [1.807, 2.05) is 13.8 Å². The maximum Gasteiger partial charge on any atom is 0.328 e. The van der Waals surface area contributed by atoms with Gasteiger partial charge in [0.15, 0.2) is 0 Å². The van der Waals surface area contributed by atoms with Crippen LogP contribution in [0.1, 0.15) is 20.8 Å². The smallest absolute Gasteiger partial charge is 0.328 e. The maximum absolute atomic E-state index is 11.1. The molecule has 0 unspecified atom stereocenters. The van der Waals surface area contributed by atoms with E-state index in [-0.39, 0.29) is 11.8 Å². The van der Waals surface area contributed by atoms with Gasteiger partial charge in [-0.15, -0.1) is 0 Å². The number of rotatable bonds is 3. The summed E-state index contributed by atoms with van der Waals surface area (Å²) in [5.41, 5.74) is 0. The first-order valence-corrected chi connectivity index (χ1v) is 3.84. The first-order chi connectivity index (χ1) is 5.49. The second kappa shape index (κ2) is 4.74. The fourth-order valence-electron chi connectivity index (χ4n) is 0.844. The number of nitrogens with one attached hydrogen (secondary N) is 1. The molecule has 0 fully saturated rings. The predicted molar refractivity (Wildman–Crippen MR) is 44.5 cm³/mol. The highest BCUT2D eigenvalue weighted by Crippen LogP contribution is 2.02. The quantitative estimate of drug-likeness (QED) is 0.625. The number of ether oxygens (including phenoxy) is 1. The maximum atomic E-state index is 11.1. The lowest BCUT2D eigenvalue weighted by molar-refractivity contribution is -0.146. The third-order valence-corrected chi connectivity index (χ3v) is 1.48. The van der Waals surface area contributed by atoms with Gasteiger partial charge >= 0.3 is 5.97 Å². The molecule has 0 aliphatic heterocycles. The van der Waals surface area contributed by atoms with E-state index in [1.54, 1.807) is 0 Å². The first kappa shape index (κ1) is 10.9. The van der Waals surface area contributed by atoms with Gasteiger partial charge in [-0.2, -0.15) is 0 Å². The van der Waals surface area contributed by atoms with Gasteiger partial charge in [-0.25, -0.2) is 4.79 Å². The number of esters is 1. The molecule has 1 atom stereocenters. The SMILES string of the molecule is COC(=O)[C@@H](NC(C)=O)C(C)C. The highest BCUT2D eigenvalue weighted by molar-refractivity contribution is 5.83. The largest absolute Gasteiger partial charge is 0.467 e. The number of hydrogen-bond donors (Lipinski definition) is 1. The molecule has 0 aliphatic rings. The van der Waals surface area contributed by atoms with Crippen molar-refractivity contribution < 1.29 is 14.3 Å². The fraction of sp³-hybridized carbons (Fsp3) is 0.750. The number of methoxy groups -OCH3 is 1. The highest BCUT2D eigenvalue weighted by Gasteiger charge is 2.23. The van der Waals surface area contributed by atoms with E-state index in [0.29, 0.717) is 0 Å². The van der Waals surface area contributed by atoms with E-state index in [0.717, 1.165) is 0 Å². The minimum atomic E-state index is -0.535. The minimum absolute atomic E-state index is 0.0429. The van der Waals surface area contributed by atoms with E-state index in [2.05, 4.69) is 10.1 Å². The van der Waals surface area contributed by atoms with Crippen LogP contribution in [-0.4, -0.2) is 25.0 Å². The molecule has 4 nitrogen and oxygen atoms in total. The summed E-state index contributed by atoms with van der Waals surface area (Å²) in [5.74, 6) is -0.583. The van der Waals surface area contributed by atoms with Crippen molar-refractivity contribution in [3.05, 3.63) is 0 Å². The van der Waals surface area contributed by atoms with E-state index < -0.39 is 12.0 Å². The van der Waals surface area contributed by atoms with E-state index >= 15 is 0 Å². The molecule has 0 rings (SSSR count). The number of carbonyl (C=O) groups excluding carboxylic acids is 2.